The van der Waals surface area contributed by atoms with Gasteiger partial charge in [-0.1, -0.05) is 0 Å². The van der Waals surface area contributed by atoms with Gasteiger partial charge in [0.2, 0.25) is 6.29 Å². The smallest absolute Gasteiger partial charge is 0.289 e. The van der Waals surface area contributed by atoms with Crippen LogP contribution in [0.2, 0.25) is 0 Å². The average molecular weight is 234 g/mol. The van der Waals surface area contributed by atoms with Crippen LogP contribution in [0.4, 0.5) is 5.00 Å². The minimum Gasteiger partial charge on any atom is -0.311 e. The zero-order valence-electron chi connectivity index (χ0n) is 5.33. The van der Waals surface area contributed by atoms with Crippen molar-refractivity contribution in [1.82, 2.24) is 0 Å². The van der Waals surface area contributed by atoms with E-state index in [0.29, 0.717) is 5.00 Å². The lowest BCUT2D eigenvalue weighted by molar-refractivity contribution is -0.127. The largest absolute Gasteiger partial charge is 0.311 e. The van der Waals surface area contributed by atoms with Crippen LogP contribution in [-0.4, -0.2) is 12.2 Å². The Labute approximate surface area is 75.5 Å². The molecule has 0 aliphatic heterocycles. The normalized spacial score (nSPS) is 9.18. The number of halogens is 1. The monoisotopic (exact) mass is 233 g/mol. The van der Waals surface area contributed by atoms with Gasteiger partial charge in [-0.05, 0) is 22.0 Å². The SMILES string of the molecule is O=CC(=O)Nc1cc(Br)cs1. The van der Waals surface area contributed by atoms with Crippen molar-refractivity contribution < 1.29 is 9.59 Å². The number of hydrogen-bond acceptors (Lipinski definition) is 3. The highest BCUT2D eigenvalue weighted by Gasteiger charge is 2.00. The van der Waals surface area contributed by atoms with Crippen molar-refractivity contribution in [2.24, 2.45) is 0 Å². The number of carbonyl (C=O) groups excluding carboxylic acids is 2. The maximum Gasteiger partial charge on any atom is 0.289 e. The van der Waals surface area contributed by atoms with Gasteiger partial charge >= 0.3 is 0 Å². The Kier molecular flexibility index (Phi) is 2.78. The van der Waals surface area contributed by atoms with Gasteiger partial charge in [-0.15, -0.1) is 11.3 Å². The van der Waals surface area contributed by atoms with E-state index in [2.05, 4.69) is 21.2 Å². The van der Waals surface area contributed by atoms with Crippen molar-refractivity contribution >= 4 is 44.5 Å². The second kappa shape index (κ2) is 3.64. The van der Waals surface area contributed by atoms with Gasteiger partial charge < -0.3 is 5.32 Å². The van der Waals surface area contributed by atoms with Crippen molar-refractivity contribution in [1.29, 1.82) is 0 Å². The minimum absolute atomic E-state index is 0.244. The lowest BCUT2D eigenvalue weighted by atomic mass is 10.6. The van der Waals surface area contributed by atoms with Gasteiger partial charge in [0.05, 0.1) is 5.00 Å². The third-order valence-corrected chi connectivity index (χ3v) is 2.53. The Hall–Kier alpha value is -0.680. The summed E-state index contributed by atoms with van der Waals surface area (Å²) in [4.78, 5) is 20.4. The molecule has 11 heavy (non-hydrogen) atoms. The molecule has 0 spiro atoms. The summed E-state index contributed by atoms with van der Waals surface area (Å²) < 4.78 is 0.892. The van der Waals surface area contributed by atoms with E-state index in [1.54, 1.807) is 6.07 Å². The molecule has 3 nitrogen and oxygen atoms in total. The van der Waals surface area contributed by atoms with Crippen LogP contribution in [0.3, 0.4) is 0 Å². The van der Waals surface area contributed by atoms with Gasteiger partial charge in [0.15, 0.2) is 0 Å². The predicted molar refractivity (Wildman–Crippen MR) is 46.7 cm³/mol. The summed E-state index contributed by atoms with van der Waals surface area (Å²) >= 11 is 4.57. The summed E-state index contributed by atoms with van der Waals surface area (Å²) in [7, 11) is 0. The molecule has 0 saturated carbocycles. The number of amides is 1. The van der Waals surface area contributed by atoms with Crippen LogP contribution in [0.25, 0.3) is 0 Å². The van der Waals surface area contributed by atoms with E-state index in [4.69, 9.17) is 0 Å². The number of nitrogens with one attached hydrogen (secondary N) is 1. The quantitative estimate of drug-likeness (QED) is 0.624. The molecule has 1 rings (SSSR count). The molecule has 58 valence electrons. The Morgan fingerprint density at radius 2 is 2.45 bits per heavy atom. The van der Waals surface area contributed by atoms with Gasteiger partial charge in [-0.2, -0.15) is 0 Å². The van der Waals surface area contributed by atoms with Crippen molar-refractivity contribution in [2.45, 2.75) is 0 Å². The first-order valence-corrected chi connectivity index (χ1v) is 4.40. The van der Waals surface area contributed by atoms with Crippen molar-refractivity contribution in [3.63, 3.8) is 0 Å². The number of anilines is 1. The van der Waals surface area contributed by atoms with Gasteiger partial charge in [0, 0.05) is 9.85 Å². The number of rotatable bonds is 2. The minimum atomic E-state index is -0.626. The van der Waals surface area contributed by atoms with Crippen LogP contribution in [-0.2, 0) is 9.59 Å². The highest BCUT2D eigenvalue weighted by molar-refractivity contribution is 9.10. The molecule has 0 radical (unpaired) electrons. The predicted octanol–water partition coefficient (Wildman–Crippen LogP) is 1.65. The third kappa shape index (κ3) is 2.44. The Bertz CT molecular complexity index is 284. The first-order valence-electron chi connectivity index (χ1n) is 2.72. The van der Waals surface area contributed by atoms with Gasteiger partial charge in [0.1, 0.15) is 0 Å². The second-order valence-corrected chi connectivity index (χ2v) is 3.56. The molecule has 1 heterocycles. The van der Waals surface area contributed by atoms with Crippen LogP contribution in [0.1, 0.15) is 0 Å². The van der Waals surface area contributed by atoms with Crippen molar-refractivity contribution in [2.75, 3.05) is 5.32 Å². The molecule has 1 amide bonds. The highest BCUT2D eigenvalue weighted by Crippen LogP contribution is 2.23. The molecular weight excluding hydrogens is 230 g/mol. The topological polar surface area (TPSA) is 46.2 Å². The van der Waals surface area contributed by atoms with Crippen LogP contribution in [0, 0.1) is 0 Å². The maximum atomic E-state index is 10.5. The van der Waals surface area contributed by atoms with E-state index in [1.165, 1.54) is 11.3 Å². The Morgan fingerprint density at radius 3 is 2.91 bits per heavy atom. The van der Waals surface area contributed by atoms with E-state index in [9.17, 15) is 9.59 Å². The number of hydrogen-bond donors (Lipinski definition) is 1. The summed E-state index contributed by atoms with van der Waals surface area (Å²) in [6.45, 7) is 0. The molecule has 5 heteroatoms. The van der Waals surface area contributed by atoms with E-state index in [1.807, 2.05) is 5.38 Å². The first kappa shape index (κ1) is 8.42. The number of thiophene rings is 1. The molecule has 1 aromatic rings. The fraction of sp³-hybridized carbons (Fsp3) is 0. The number of carbonyl (C=O) groups is 2. The molecule has 0 bridgehead atoms. The first-order chi connectivity index (χ1) is 5.22. The molecule has 0 atom stereocenters. The fourth-order valence-electron chi connectivity index (χ4n) is 0.529. The summed E-state index contributed by atoms with van der Waals surface area (Å²) in [5, 5.41) is 4.87. The molecule has 0 fully saturated rings. The molecule has 1 aromatic heterocycles. The van der Waals surface area contributed by atoms with Crippen molar-refractivity contribution in [3.05, 3.63) is 15.9 Å². The van der Waals surface area contributed by atoms with Crippen LogP contribution < -0.4 is 5.32 Å². The third-order valence-electron chi connectivity index (χ3n) is 0.921. The highest BCUT2D eigenvalue weighted by atomic mass is 79.9. The second-order valence-electron chi connectivity index (χ2n) is 1.74. The lowest BCUT2D eigenvalue weighted by Gasteiger charge is -1.91. The molecule has 0 aromatic carbocycles. The van der Waals surface area contributed by atoms with E-state index < -0.39 is 5.91 Å². The standard InChI is InChI=1S/C6H4BrNO2S/c7-4-1-6(11-3-4)8-5(10)2-9/h1-3H,(H,8,10). The van der Waals surface area contributed by atoms with E-state index >= 15 is 0 Å². The lowest BCUT2D eigenvalue weighted by Crippen LogP contribution is -2.10. The molecule has 0 aliphatic rings. The van der Waals surface area contributed by atoms with Gasteiger partial charge in [0.25, 0.3) is 5.91 Å². The fourth-order valence-corrected chi connectivity index (χ4v) is 1.85. The van der Waals surface area contributed by atoms with Crippen LogP contribution in [0.5, 0.6) is 0 Å². The molecule has 0 unspecified atom stereocenters. The summed E-state index contributed by atoms with van der Waals surface area (Å²) in [5.74, 6) is -0.626. The molecule has 0 saturated heterocycles. The maximum absolute atomic E-state index is 10.5. The Morgan fingerprint density at radius 1 is 1.73 bits per heavy atom. The number of aldehydes is 1. The molecular formula is C6H4BrNO2S. The van der Waals surface area contributed by atoms with Gasteiger partial charge in [-0.3, -0.25) is 9.59 Å². The average Bonchev–Trinajstić information content (AvgIpc) is 2.35. The zero-order chi connectivity index (χ0) is 8.27. The van der Waals surface area contributed by atoms with E-state index in [0.717, 1.165) is 4.47 Å². The summed E-state index contributed by atoms with van der Waals surface area (Å²) in [5.41, 5.74) is 0. The van der Waals surface area contributed by atoms with Crippen molar-refractivity contribution in [3.8, 4) is 0 Å². The zero-order valence-corrected chi connectivity index (χ0v) is 7.74. The summed E-state index contributed by atoms with van der Waals surface area (Å²) in [6.07, 6.45) is 0.244. The van der Waals surface area contributed by atoms with Gasteiger partial charge in [-0.25, -0.2) is 0 Å². The van der Waals surface area contributed by atoms with E-state index in [-0.39, 0.29) is 6.29 Å². The molecule has 0 aliphatic carbocycles. The molecule has 1 N–H and O–H groups in total. The van der Waals surface area contributed by atoms with Crippen LogP contribution in [0.15, 0.2) is 15.9 Å². The summed E-state index contributed by atoms with van der Waals surface area (Å²) in [6, 6.07) is 1.73. The van der Waals surface area contributed by atoms with Crippen LogP contribution >= 0.6 is 27.3 Å². The Balaban J connectivity index is 2.64.